The summed E-state index contributed by atoms with van der Waals surface area (Å²) in [5, 5.41) is 2.68. The van der Waals surface area contributed by atoms with E-state index in [1.54, 1.807) is 19.1 Å². The highest BCUT2D eigenvalue weighted by atomic mass is 32.2. The van der Waals surface area contributed by atoms with E-state index < -0.39 is 15.8 Å². The Morgan fingerprint density at radius 1 is 1.11 bits per heavy atom. The molecule has 0 saturated carbocycles. The van der Waals surface area contributed by atoms with Crippen LogP contribution in [0.25, 0.3) is 0 Å². The summed E-state index contributed by atoms with van der Waals surface area (Å²) in [6, 6.07) is 9.33. The minimum absolute atomic E-state index is 0.00255. The summed E-state index contributed by atoms with van der Waals surface area (Å²) in [4.78, 5) is 11.9. The van der Waals surface area contributed by atoms with Crippen LogP contribution in [0.4, 0.5) is 8.78 Å². The molecular weight excluding hydrogens is 374 g/mol. The van der Waals surface area contributed by atoms with Crippen LogP contribution in [0.3, 0.4) is 0 Å². The molecule has 0 spiro atoms. The minimum atomic E-state index is -3.72. The van der Waals surface area contributed by atoms with E-state index in [1.165, 1.54) is 25.2 Å². The highest BCUT2D eigenvalue weighted by Gasteiger charge is 2.20. The van der Waals surface area contributed by atoms with E-state index in [0.717, 1.165) is 16.4 Å². The molecule has 2 aromatic rings. The third-order valence-electron chi connectivity index (χ3n) is 4.12. The van der Waals surface area contributed by atoms with Crippen LogP contribution in [0.15, 0.2) is 47.4 Å². The topological polar surface area (TPSA) is 66.5 Å². The molecule has 1 amide bonds. The number of hydrogen-bond donors (Lipinski definition) is 1. The fourth-order valence-corrected chi connectivity index (χ4v) is 3.61. The van der Waals surface area contributed by atoms with E-state index in [0.29, 0.717) is 17.5 Å². The summed E-state index contributed by atoms with van der Waals surface area (Å²) in [7, 11) is -2.32. The van der Waals surface area contributed by atoms with E-state index in [1.807, 2.05) is 0 Å². The second-order valence-electron chi connectivity index (χ2n) is 6.24. The van der Waals surface area contributed by atoms with Crippen molar-refractivity contribution in [2.75, 3.05) is 13.6 Å². The standard InChI is InChI=1S/C19H22F2N2O3S/c1-14-5-6-15(12-18(14)21)13-22-19(24)4-3-11-23(2)27(25,26)17-9-7-16(20)8-10-17/h5-10,12H,3-4,11,13H2,1-2H3,(H,22,24). The third kappa shape index (κ3) is 5.83. The molecule has 0 aliphatic rings. The average Bonchev–Trinajstić information content (AvgIpc) is 2.63. The van der Waals surface area contributed by atoms with Crippen LogP contribution < -0.4 is 5.32 Å². The molecule has 0 fully saturated rings. The van der Waals surface area contributed by atoms with Gasteiger partial charge < -0.3 is 5.32 Å². The van der Waals surface area contributed by atoms with Gasteiger partial charge in [0.2, 0.25) is 15.9 Å². The molecule has 8 heteroatoms. The van der Waals surface area contributed by atoms with Gasteiger partial charge in [-0.15, -0.1) is 0 Å². The first-order chi connectivity index (χ1) is 12.7. The van der Waals surface area contributed by atoms with Gasteiger partial charge in [0, 0.05) is 26.6 Å². The monoisotopic (exact) mass is 396 g/mol. The molecule has 5 nitrogen and oxygen atoms in total. The van der Waals surface area contributed by atoms with Gasteiger partial charge >= 0.3 is 0 Å². The molecule has 2 aromatic carbocycles. The molecule has 0 bridgehead atoms. The van der Waals surface area contributed by atoms with Crippen LogP contribution >= 0.6 is 0 Å². The number of carbonyl (C=O) groups excluding carboxylic acids is 1. The Morgan fingerprint density at radius 3 is 2.41 bits per heavy atom. The zero-order chi connectivity index (χ0) is 20.0. The van der Waals surface area contributed by atoms with Crippen molar-refractivity contribution < 1.29 is 22.0 Å². The van der Waals surface area contributed by atoms with Crippen molar-refractivity contribution in [1.29, 1.82) is 0 Å². The van der Waals surface area contributed by atoms with Gasteiger partial charge in [-0.2, -0.15) is 0 Å². The maximum atomic E-state index is 13.5. The number of aryl methyl sites for hydroxylation is 1. The molecule has 0 aromatic heterocycles. The van der Waals surface area contributed by atoms with Gasteiger partial charge in [0.05, 0.1) is 4.90 Å². The second-order valence-corrected chi connectivity index (χ2v) is 8.29. The first-order valence-corrected chi connectivity index (χ1v) is 9.88. The Hall–Kier alpha value is -2.32. The van der Waals surface area contributed by atoms with Crippen molar-refractivity contribution in [2.24, 2.45) is 0 Å². The fourth-order valence-electron chi connectivity index (χ4n) is 2.40. The Labute approximate surface area is 158 Å². The van der Waals surface area contributed by atoms with Crippen LogP contribution in [-0.4, -0.2) is 32.2 Å². The molecule has 0 aliphatic heterocycles. The molecule has 0 unspecified atom stereocenters. The fraction of sp³-hybridized carbons (Fsp3) is 0.316. The first kappa shape index (κ1) is 21.0. The molecule has 1 N–H and O–H groups in total. The van der Waals surface area contributed by atoms with Crippen LogP contribution in [-0.2, 0) is 21.4 Å². The molecule has 0 radical (unpaired) electrons. The van der Waals surface area contributed by atoms with Gasteiger partial charge in [0.1, 0.15) is 11.6 Å². The van der Waals surface area contributed by atoms with E-state index in [-0.39, 0.29) is 36.1 Å². The number of nitrogens with zero attached hydrogens (tertiary/aromatic N) is 1. The lowest BCUT2D eigenvalue weighted by Crippen LogP contribution is -2.29. The average molecular weight is 396 g/mol. The maximum Gasteiger partial charge on any atom is 0.242 e. The van der Waals surface area contributed by atoms with E-state index in [9.17, 15) is 22.0 Å². The number of benzene rings is 2. The zero-order valence-electron chi connectivity index (χ0n) is 15.2. The number of sulfonamides is 1. The van der Waals surface area contributed by atoms with E-state index >= 15 is 0 Å². The predicted octanol–water partition coefficient (Wildman–Crippen LogP) is 2.99. The lowest BCUT2D eigenvalue weighted by Gasteiger charge is -2.17. The summed E-state index contributed by atoms with van der Waals surface area (Å²) in [6.45, 7) is 2.01. The highest BCUT2D eigenvalue weighted by molar-refractivity contribution is 7.89. The van der Waals surface area contributed by atoms with Crippen molar-refractivity contribution in [1.82, 2.24) is 9.62 Å². The normalized spacial score (nSPS) is 11.6. The molecule has 146 valence electrons. The molecule has 0 aliphatic carbocycles. The maximum absolute atomic E-state index is 13.5. The minimum Gasteiger partial charge on any atom is -0.352 e. The van der Waals surface area contributed by atoms with Gasteiger partial charge in [0.15, 0.2) is 0 Å². The lowest BCUT2D eigenvalue weighted by atomic mass is 10.1. The third-order valence-corrected chi connectivity index (χ3v) is 6.00. The molecular formula is C19H22F2N2O3S. The van der Waals surface area contributed by atoms with Crippen molar-refractivity contribution in [3.05, 3.63) is 65.2 Å². The Kier molecular flexibility index (Phi) is 7.04. The van der Waals surface area contributed by atoms with Crippen molar-refractivity contribution in [3.63, 3.8) is 0 Å². The zero-order valence-corrected chi connectivity index (χ0v) is 16.0. The summed E-state index contributed by atoms with van der Waals surface area (Å²) < 4.78 is 52.2. The second kappa shape index (κ2) is 9.05. The number of rotatable bonds is 8. The Balaban J connectivity index is 1.79. The molecule has 27 heavy (non-hydrogen) atoms. The van der Waals surface area contributed by atoms with Gasteiger partial charge in [-0.1, -0.05) is 12.1 Å². The van der Waals surface area contributed by atoms with Gasteiger partial charge in [-0.25, -0.2) is 21.5 Å². The van der Waals surface area contributed by atoms with Crippen LogP contribution in [0, 0.1) is 18.6 Å². The Bertz CT molecular complexity index is 900. The smallest absolute Gasteiger partial charge is 0.242 e. The van der Waals surface area contributed by atoms with Crippen LogP contribution in [0.1, 0.15) is 24.0 Å². The number of amides is 1. The van der Waals surface area contributed by atoms with E-state index in [4.69, 9.17) is 0 Å². The lowest BCUT2D eigenvalue weighted by molar-refractivity contribution is -0.121. The number of carbonyl (C=O) groups is 1. The van der Waals surface area contributed by atoms with Crippen LogP contribution in [0.2, 0.25) is 0 Å². The highest BCUT2D eigenvalue weighted by Crippen LogP contribution is 2.15. The van der Waals surface area contributed by atoms with Gasteiger partial charge in [-0.05, 0) is 54.8 Å². The van der Waals surface area contributed by atoms with Gasteiger partial charge in [-0.3, -0.25) is 4.79 Å². The largest absolute Gasteiger partial charge is 0.352 e. The molecule has 0 saturated heterocycles. The SMILES string of the molecule is Cc1ccc(CNC(=O)CCCN(C)S(=O)(=O)c2ccc(F)cc2)cc1F. The quantitative estimate of drug-likeness (QED) is 0.746. The summed E-state index contributed by atoms with van der Waals surface area (Å²) in [5.41, 5.74) is 1.19. The molecule has 0 heterocycles. The predicted molar refractivity (Wildman–Crippen MR) is 98.4 cm³/mol. The number of halogens is 2. The van der Waals surface area contributed by atoms with Crippen LogP contribution in [0.5, 0.6) is 0 Å². The summed E-state index contributed by atoms with van der Waals surface area (Å²) >= 11 is 0. The van der Waals surface area contributed by atoms with E-state index in [2.05, 4.69) is 5.32 Å². The Morgan fingerprint density at radius 2 is 1.78 bits per heavy atom. The van der Waals surface area contributed by atoms with Crippen molar-refractivity contribution in [3.8, 4) is 0 Å². The first-order valence-electron chi connectivity index (χ1n) is 8.44. The van der Waals surface area contributed by atoms with Crippen molar-refractivity contribution in [2.45, 2.75) is 31.2 Å². The molecule has 2 rings (SSSR count). The van der Waals surface area contributed by atoms with Crippen molar-refractivity contribution >= 4 is 15.9 Å². The number of hydrogen-bond acceptors (Lipinski definition) is 3. The molecule has 0 atom stereocenters. The van der Waals surface area contributed by atoms with Gasteiger partial charge in [0.25, 0.3) is 0 Å². The number of nitrogens with one attached hydrogen (secondary N) is 1. The summed E-state index contributed by atoms with van der Waals surface area (Å²) in [5.74, 6) is -1.08. The summed E-state index contributed by atoms with van der Waals surface area (Å²) in [6.07, 6.45) is 0.461.